The van der Waals surface area contributed by atoms with Crippen molar-refractivity contribution in [1.82, 2.24) is 25.5 Å². The Bertz CT molecular complexity index is 1400. The third kappa shape index (κ3) is 5.92. The molecule has 214 valence electrons. The Morgan fingerprint density at radius 3 is 2.59 bits per heavy atom. The topological polar surface area (TPSA) is 157 Å². The average molecular weight is 558 g/mol. The second kappa shape index (κ2) is 10.9. The number of amides is 4. The van der Waals surface area contributed by atoms with Gasteiger partial charge in [-0.25, -0.2) is 4.98 Å². The van der Waals surface area contributed by atoms with Gasteiger partial charge in [0.15, 0.2) is 0 Å². The van der Waals surface area contributed by atoms with Gasteiger partial charge in [-0.1, -0.05) is 51.8 Å². The molecule has 0 bridgehead atoms. The highest BCUT2D eigenvalue weighted by Crippen LogP contribution is 2.46. The number of nitrogens with one attached hydrogen (secondary N) is 3. The van der Waals surface area contributed by atoms with E-state index in [2.05, 4.69) is 32.0 Å². The van der Waals surface area contributed by atoms with Crippen LogP contribution in [0.15, 0.2) is 42.9 Å². The highest BCUT2D eigenvalue weighted by molar-refractivity contribution is 6.07. The highest BCUT2D eigenvalue weighted by atomic mass is 16.2. The van der Waals surface area contributed by atoms with Gasteiger partial charge in [0.2, 0.25) is 17.7 Å². The minimum Gasteiger partial charge on any atom is -0.342 e. The fraction of sp³-hybridized carbons (Fsp3) is 0.500. The molecule has 11 heteroatoms. The van der Waals surface area contributed by atoms with Crippen LogP contribution in [0.25, 0.3) is 0 Å². The van der Waals surface area contributed by atoms with E-state index in [4.69, 9.17) is 0 Å². The molecule has 1 aliphatic carbocycles. The normalized spacial score (nSPS) is 22.8. The van der Waals surface area contributed by atoms with Gasteiger partial charge in [0.05, 0.1) is 17.7 Å². The summed E-state index contributed by atoms with van der Waals surface area (Å²) in [5, 5.41) is 18.6. The fourth-order valence-corrected chi connectivity index (χ4v) is 5.84. The van der Waals surface area contributed by atoms with Gasteiger partial charge in [-0.2, -0.15) is 5.26 Å². The number of hydrogen-bond donors (Lipinski definition) is 3. The largest absolute Gasteiger partial charge is 0.342 e. The van der Waals surface area contributed by atoms with E-state index in [9.17, 15) is 24.4 Å². The Labute approximate surface area is 239 Å². The van der Waals surface area contributed by atoms with Crippen LogP contribution >= 0.6 is 0 Å². The van der Waals surface area contributed by atoms with Crippen LogP contribution in [0.2, 0.25) is 0 Å². The molecule has 1 aromatic carbocycles. The van der Waals surface area contributed by atoms with Gasteiger partial charge in [-0.05, 0) is 35.8 Å². The predicted molar refractivity (Wildman–Crippen MR) is 149 cm³/mol. The van der Waals surface area contributed by atoms with Crippen LogP contribution in [-0.2, 0) is 19.8 Å². The first kappa shape index (κ1) is 28.2. The van der Waals surface area contributed by atoms with Crippen molar-refractivity contribution in [2.45, 2.75) is 76.4 Å². The summed E-state index contributed by atoms with van der Waals surface area (Å²) >= 11 is 0. The minimum atomic E-state index is -1.03. The molecule has 4 amide bonds. The SMILES string of the molecule is CC(C)(C)C[C@H](NC(=O)[C@H](CC1CC1)NC(=O)c1cnccn1)C(=O)N1C[C@]2(C[C@H]1C#N)C(=O)Nc1ccccc12. The zero-order chi connectivity index (χ0) is 29.4. The van der Waals surface area contributed by atoms with Gasteiger partial charge in [-0.15, -0.1) is 0 Å². The number of hydrogen-bond acceptors (Lipinski definition) is 7. The maximum absolute atomic E-state index is 14.1. The van der Waals surface area contributed by atoms with Crippen molar-refractivity contribution in [2.75, 3.05) is 11.9 Å². The lowest BCUT2D eigenvalue weighted by atomic mass is 9.80. The molecule has 3 heterocycles. The quantitative estimate of drug-likeness (QED) is 0.449. The third-order valence-corrected chi connectivity index (χ3v) is 8.03. The molecule has 5 rings (SSSR count). The molecule has 0 unspecified atom stereocenters. The summed E-state index contributed by atoms with van der Waals surface area (Å²) in [6.07, 6.45) is 7.05. The molecule has 2 aliphatic heterocycles. The summed E-state index contributed by atoms with van der Waals surface area (Å²) in [7, 11) is 0. The molecule has 41 heavy (non-hydrogen) atoms. The summed E-state index contributed by atoms with van der Waals surface area (Å²) < 4.78 is 0. The van der Waals surface area contributed by atoms with Crippen molar-refractivity contribution < 1.29 is 19.2 Å². The lowest BCUT2D eigenvalue weighted by Crippen LogP contribution is -2.56. The zero-order valence-corrected chi connectivity index (χ0v) is 23.5. The van der Waals surface area contributed by atoms with Gasteiger partial charge in [0.25, 0.3) is 5.91 Å². The number of para-hydroxylation sites is 1. The van der Waals surface area contributed by atoms with Crippen molar-refractivity contribution in [1.29, 1.82) is 5.26 Å². The standard InChI is InChI=1S/C30H35N7O4/c1-29(2,3)14-23(35-25(38)22(12-18-8-9-18)34-26(39)24-16-32-10-11-33-24)27(40)37-17-30(13-19(37)15-31)20-6-4-5-7-21(20)36-28(30)41/h4-7,10-11,16,18-19,22-23H,8-9,12-14,17H2,1-3H3,(H,34,39)(H,35,38)(H,36,41)/t19-,22-,23-,30-/m0/s1. The molecule has 2 fully saturated rings. The molecular formula is C30H35N7O4. The van der Waals surface area contributed by atoms with Gasteiger partial charge < -0.3 is 20.9 Å². The summed E-state index contributed by atoms with van der Waals surface area (Å²) in [5.74, 6) is -1.33. The van der Waals surface area contributed by atoms with E-state index in [-0.39, 0.29) is 30.0 Å². The van der Waals surface area contributed by atoms with E-state index in [1.54, 1.807) is 0 Å². The first-order valence-electron chi connectivity index (χ1n) is 14.0. The van der Waals surface area contributed by atoms with Crippen LogP contribution in [0.1, 0.15) is 68.9 Å². The second-order valence-electron chi connectivity index (χ2n) is 12.5. The van der Waals surface area contributed by atoms with Gasteiger partial charge in [-0.3, -0.25) is 24.2 Å². The van der Waals surface area contributed by atoms with E-state index in [1.807, 2.05) is 45.0 Å². The van der Waals surface area contributed by atoms with E-state index in [0.717, 1.165) is 18.4 Å². The number of aromatic nitrogens is 2. The summed E-state index contributed by atoms with van der Waals surface area (Å²) in [6, 6.07) is 6.89. The molecule has 1 aromatic heterocycles. The average Bonchev–Trinajstić information content (AvgIpc) is 3.61. The van der Waals surface area contributed by atoms with Crippen LogP contribution in [0.3, 0.4) is 0 Å². The monoisotopic (exact) mass is 557 g/mol. The number of carbonyl (C=O) groups excluding carboxylic acids is 4. The van der Waals surface area contributed by atoms with Crippen molar-refractivity contribution >= 4 is 29.3 Å². The first-order valence-corrected chi connectivity index (χ1v) is 14.0. The number of rotatable bonds is 8. The van der Waals surface area contributed by atoms with E-state index >= 15 is 0 Å². The summed E-state index contributed by atoms with van der Waals surface area (Å²) in [5.41, 5.74) is 0.178. The Hall–Kier alpha value is -4.33. The molecule has 1 spiro atoms. The van der Waals surface area contributed by atoms with E-state index in [0.29, 0.717) is 24.4 Å². The first-order chi connectivity index (χ1) is 19.5. The van der Waals surface area contributed by atoms with Gasteiger partial charge in [0.1, 0.15) is 23.8 Å². The smallest absolute Gasteiger partial charge is 0.272 e. The lowest BCUT2D eigenvalue weighted by Gasteiger charge is -2.32. The van der Waals surface area contributed by atoms with Crippen molar-refractivity contribution in [3.63, 3.8) is 0 Å². The van der Waals surface area contributed by atoms with Crippen molar-refractivity contribution in [3.05, 3.63) is 54.1 Å². The zero-order valence-electron chi connectivity index (χ0n) is 23.5. The third-order valence-electron chi connectivity index (χ3n) is 8.03. The number of benzene rings is 1. The van der Waals surface area contributed by atoms with Gasteiger partial charge >= 0.3 is 0 Å². The summed E-state index contributed by atoms with van der Waals surface area (Å²) in [4.78, 5) is 63.2. The fourth-order valence-electron chi connectivity index (χ4n) is 5.84. The molecule has 0 radical (unpaired) electrons. The number of fused-ring (bicyclic) bond motifs is 2. The number of carbonyl (C=O) groups is 4. The Morgan fingerprint density at radius 1 is 1.17 bits per heavy atom. The number of nitriles is 1. The van der Waals surface area contributed by atoms with Crippen molar-refractivity contribution in [3.8, 4) is 6.07 Å². The molecule has 1 saturated heterocycles. The Kier molecular flexibility index (Phi) is 7.51. The van der Waals surface area contributed by atoms with E-state index < -0.39 is 41.3 Å². The number of likely N-dealkylation sites (tertiary alicyclic amines) is 1. The Morgan fingerprint density at radius 2 is 1.93 bits per heavy atom. The molecule has 11 nitrogen and oxygen atoms in total. The van der Waals surface area contributed by atoms with Gasteiger partial charge in [0, 0.05) is 31.0 Å². The summed E-state index contributed by atoms with van der Waals surface area (Å²) in [6.45, 7) is 5.93. The molecule has 2 aromatic rings. The number of anilines is 1. The molecule has 3 N–H and O–H groups in total. The van der Waals surface area contributed by atoms with E-state index in [1.165, 1.54) is 23.5 Å². The number of nitrogens with zero attached hydrogens (tertiary/aromatic N) is 4. The van der Waals surface area contributed by atoms with Crippen LogP contribution in [0, 0.1) is 22.7 Å². The van der Waals surface area contributed by atoms with Crippen LogP contribution in [0.4, 0.5) is 5.69 Å². The van der Waals surface area contributed by atoms with Crippen LogP contribution < -0.4 is 16.0 Å². The van der Waals surface area contributed by atoms with Crippen LogP contribution in [0.5, 0.6) is 0 Å². The highest BCUT2D eigenvalue weighted by Gasteiger charge is 2.56. The molecule has 1 saturated carbocycles. The minimum absolute atomic E-state index is 0.0400. The Balaban J connectivity index is 1.38. The van der Waals surface area contributed by atoms with Crippen molar-refractivity contribution in [2.24, 2.45) is 11.3 Å². The lowest BCUT2D eigenvalue weighted by molar-refractivity contribution is -0.138. The second-order valence-corrected chi connectivity index (χ2v) is 12.5. The maximum Gasteiger partial charge on any atom is 0.272 e. The van der Waals surface area contributed by atoms with Crippen LogP contribution in [-0.4, -0.2) is 63.2 Å². The predicted octanol–water partition coefficient (Wildman–Crippen LogP) is 2.31. The maximum atomic E-state index is 14.1. The molecule has 4 atom stereocenters. The molecular weight excluding hydrogens is 522 g/mol. The molecule has 3 aliphatic rings.